The van der Waals surface area contributed by atoms with Gasteiger partial charge in [-0.25, -0.2) is 9.97 Å². The minimum Gasteiger partial charge on any atom is -0.494 e. The van der Waals surface area contributed by atoms with Crippen LogP contribution in [0.15, 0.2) is 47.5 Å². The molecule has 2 heterocycles. The number of para-hydroxylation sites is 1. The fourth-order valence-corrected chi connectivity index (χ4v) is 2.46. The first-order valence-electron chi connectivity index (χ1n) is 7.51. The number of nitrogens with one attached hydrogen (secondary N) is 2. The van der Waals surface area contributed by atoms with E-state index in [1.54, 1.807) is 12.1 Å². The highest BCUT2D eigenvalue weighted by molar-refractivity contribution is 5.75. The van der Waals surface area contributed by atoms with E-state index >= 15 is 0 Å². The number of fused-ring (bicyclic) bond motifs is 1. The van der Waals surface area contributed by atoms with E-state index in [1.165, 1.54) is 6.33 Å². The number of hydrogen-bond acceptors (Lipinski definition) is 5. The molecule has 0 aliphatic carbocycles. The topological polar surface area (TPSA) is 79.9 Å². The molecule has 0 amide bonds. The summed E-state index contributed by atoms with van der Waals surface area (Å²) in [5.74, 6) is 1.51. The van der Waals surface area contributed by atoms with Gasteiger partial charge in [0, 0.05) is 5.56 Å². The molecule has 0 saturated carbocycles. The molecule has 1 atom stereocenters. The lowest BCUT2D eigenvalue weighted by Gasteiger charge is -2.18. The number of aromatic nitrogens is 3. The van der Waals surface area contributed by atoms with Crippen molar-refractivity contribution < 1.29 is 4.74 Å². The summed E-state index contributed by atoms with van der Waals surface area (Å²) < 4.78 is 5.66. The number of hydrogen-bond donors (Lipinski definition) is 2. The normalized spacial score (nSPS) is 12.1. The molecule has 0 bridgehead atoms. The Morgan fingerprint density at radius 1 is 1.26 bits per heavy atom. The van der Waals surface area contributed by atoms with Crippen molar-refractivity contribution in [3.8, 4) is 5.75 Å². The smallest absolute Gasteiger partial charge is 0.260 e. The largest absolute Gasteiger partial charge is 0.494 e. The predicted octanol–water partition coefficient (Wildman–Crippen LogP) is 2.89. The molecule has 0 aliphatic rings. The van der Waals surface area contributed by atoms with Crippen LogP contribution in [0.5, 0.6) is 5.75 Å². The Hall–Kier alpha value is -2.89. The first-order chi connectivity index (χ1) is 11.2. The Balaban J connectivity index is 1.88. The van der Waals surface area contributed by atoms with Gasteiger partial charge >= 0.3 is 0 Å². The zero-order chi connectivity index (χ0) is 16.2. The van der Waals surface area contributed by atoms with E-state index in [1.807, 2.05) is 38.1 Å². The van der Waals surface area contributed by atoms with Crippen molar-refractivity contribution in [1.29, 1.82) is 0 Å². The Kier molecular flexibility index (Phi) is 4.23. The van der Waals surface area contributed by atoms with E-state index in [2.05, 4.69) is 20.3 Å². The van der Waals surface area contributed by atoms with Crippen LogP contribution >= 0.6 is 0 Å². The molecule has 0 radical (unpaired) electrons. The van der Waals surface area contributed by atoms with Gasteiger partial charge in [-0.15, -0.1) is 0 Å². The minimum absolute atomic E-state index is 0.00435. The van der Waals surface area contributed by atoms with Gasteiger partial charge in [0.05, 0.1) is 24.4 Å². The second-order valence-electron chi connectivity index (χ2n) is 5.14. The van der Waals surface area contributed by atoms with Gasteiger partial charge in [0.25, 0.3) is 5.56 Å². The molecular weight excluding hydrogens is 292 g/mol. The van der Waals surface area contributed by atoms with Gasteiger partial charge < -0.3 is 15.0 Å². The molecule has 6 nitrogen and oxygen atoms in total. The lowest BCUT2D eigenvalue weighted by Crippen LogP contribution is -2.12. The maximum Gasteiger partial charge on any atom is 0.260 e. The molecular formula is C17H18N4O2. The number of H-pyrrole nitrogens is 1. The number of benzene rings is 1. The van der Waals surface area contributed by atoms with Gasteiger partial charge in [-0.2, -0.15) is 0 Å². The third kappa shape index (κ3) is 3.15. The zero-order valence-electron chi connectivity index (χ0n) is 13.0. The SMILES string of the molecule is CCOc1ccccc1C(C)Nc1ccc2c(=O)[nH]cnc2n1. The monoisotopic (exact) mass is 310 g/mol. The van der Waals surface area contributed by atoms with Gasteiger partial charge in [-0.05, 0) is 32.0 Å². The van der Waals surface area contributed by atoms with Crippen LogP contribution < -0.4 is 15.6 Å². The molecule has 23 heavy (non-hydrogen) atoms. The van der Waals surface area contributed by atoms with Crippen LogP contribution in [0.3, 0.4) is 0 Å². The van der Waals surface area contributed by atoms with Gasteiger partial charge in [0.15, 0.2) is 5.65 Å². The van der Waals surface area contributed by atoms with Crippen LogP contribution in [-0.2, 0) is 0 Å². The highest BCUT2D eigenvalue weighted by Crippen LogP contribution is 2.27. The molecule has 0 saturated heterocycles. The van der Waals surface area contributed by atoms with E-state index in [0.29, 0.717) is 23.5 Å². The number of ether oxygens (including phenoxy) is 1. The van der Waals surface area contributed by atoms with Crippen LogP contribution in [0.2, 0.25) is 0 Å². The Labute approximate surface area is 133 Å². The second-order valence-corrected chi connectivity index (χ2v) is 5.14. The lowest BCUT2D eigenvalue weighted by atomic mass is 10.1. The minimum atomic E-state index is -0.191. The summed E-state index contributed by atoms with van der Waals surface area (Å²) in [4.78, 5) is 22.7. The van der Waals surface area contributed by atoms with E-state index < -0.39 is 0 Å². The van der Waals surface area contributed by atoms with Crippen LogP contribution in [-0.4, -0.2) is 21.6 Å². The molecule has 118 valence electrons. The van der Waals surface area contributed by atoms with Crippen molar-refractivity contribution >= 4 is 16.9 Å². The molecule has 0 spiro atoms. The first kappa shape index (κ1) is 15.0. The summed E-state index contributed by atoms with van der Waals surface area (Å²) in [5, 5.41) is 3.80. The fourth-order valence-electron chi connectivity index (χ4n) is 2.46. The highest BCUT2D eigenvalue weighted by Gasteiger charge is 2.12. The summed E-state index contributed by atoms with van der Waals surface area (Å²) in [6, 6.07) is 11.4. The van der Waals surface area contributed by atoms with Crippen LogP contribution in [0.1, 0.15) is 25.5 Å². The summed E-state index contributed by atoms with van der Waals surface area (Å²) in [6.07, 6.45) is 1.36. The van der Waals surface area contributed by atoms with Crippen LogP contribution in [0.25, 0.3) is 11.0 Å². The molecule has 3 rings (SSSR count). The Morgan fingerprint density at radius 2 is 2.09 bits per heavy atom. The van der Waals surface area contributed by atoms with Crippen molar-refractivity contribution in [2.75, 3.05) is 11.9 Å². The number of nitrogens with zero attached hydrogens (tertiary/aromatic N) is 2. The van der Waals surface area contributed by atoms with Gasteiger partial charge in [0.2, 0.25) is 0 Å². The van der Waals surface area contributed by atoms with Gasteiger partial charge in [0.1, 0.15) is 11.6 Å². The molecule has 0 aliphatic heterocycles. The maximum atomic E-state index is 11.7. The van der Waals surface area contributed by atoms with Crippen molar-refractivity contribution in [2.45, 2.75) is 19.9 Å². The third-order valence-electron chi connectivity index (χ3n) is 3.55. The van der Waals surface area contributed by atoms with Crippen molar-refractivity contribution in [3.05, 3.63) is 58.6 Å². The highest BCUT2D eigenvalue weighted by atomic mass is 16.5. The fraction of sp³-hybridized carbons (Fsp3) is 0.235. The standard InChI is InChI=1S/C17H18N4O2/c1-3-23-14-7-5-4-6-12(14)11(2)20-15-9-8-13-16(21-15)18-10-19-17(13)22/h4-11H,3H2,1-2H3,(H2,18,19,20,21,22). The second kappa shape index (κ2) is 6.48. The molecule has 1 unspecified atom stereocenters. The summed E-state index contributed by atoms with van der Waals surface area (Å²) >= 11 is 0. The van der Waals surface area contributed by atoms with E-state index in [-0.39, 0.29) is 11.6 Å². The molecule has 6 heteroatoms. The van der Waals surface area contributed by atoms with Gasteiger partial charge in [-0.1, -0.05) is 18.2 Å². The van der Waals surface area contributed by atoms with E-state index in [0.717, 1.165) is 11.3 Å². The number of rotatable bonds is 5. The summed E-state index contributed by atoms with van der Waals surface area (Å²) in [7, 11) is 0. The van der Waals surface area contributed by atoms with Crippen molar-refractivity contribution in [2.24, 2.45) is 0 Å². The van der Waals surface area contributed by atoms with Crippen molar-refractivity contribution in [1.82, 2.24) is 15.0 Å². The molecule has 1 aromatic carbocycles. The Bertz CT molecular complexity index is 876. The average Bonchev–Trinajstić information content (AvgIpc) is 2.56. The Morgan fingerprint density at radius 3 is 2.91 bits per heavy atom. The summed E-state index contributed by atoms with van der Waals surface area (Å²) in [5.41, 5.74) is 1.28. The predicted molar refractivity (Wildman–Crippen MR) is 89.8 cm³/mol. The first-order valence-corrected chi connectivity index (χ1v) is 7.51. The van der Waals surface area contributed by atoms with Crippen LogP contribution in [0.4, 0.5) is 5.82 Å². The lowest BCUT2D eigenvalue weighted by molar-refractivity contribution is 0.335. The number of anilines is 1. The molecule has 2 N–H and O–H groups in total. The van der Waals surface area contributed by atoms with Crippen molar-refractivity contribution in [3.63, 3.8) is 0 Å². The molecule has 3 aromatic rings. The molecule has 2 aromatic heterocycles. The van der Waals surface area contributed by atoms with E-state index in [4.69, 9.17) is 4.74 Å². The van der Waals surface area contributed by atoms with Crippen LogP contribution in [0, 0.1) is 0 Å². The quantitative estimate of drug-likeness (QED) is 0.757. The number of aromatic amines is 1. The summed E-state index contributed by atoms with van der Waals surface area (Å²) in [6.45, 7) is 4.61. The average molecular weight is 310 g/mol. The maximum absolute atomic E-state index is 11.7. The van der Waals surface area contributed by atoms with Gasteiger partial charge in [-0.3, -0.25) is 4.79 Å². The zero-order valence-corrected chi connectivity index (χ0v) is 13.0. The third-order valence-corrected chi connectivity index (χ3v) is 3.55. The molecule has 0 fully saturated rings. The van der Waals surface area contributed by atoms with E-state index in [9.17, 15) is 4.79 Å². The number of pyridine rings is 1.